The van der Waals surface area contributed by atoms with Crippen LogP contribution in [0.15, 0.2) is 29.4 Å². The molecule has 0 saturated carbocycles. The fraction of sp³-hybridized carbons (Fsp3) is 0.500. The summed E-state index contributed by atoms with van der Waals surface area (Å²) < 4.78 is 10.1. The highest BCUT2D eigenvalue weighted by molar-refractivity contribution is 5.82. The Morgan fingerprint density at radius 2 is 2.24 bits per heavy atom. The van der Waals surface area contributed by atoms with Gasteiger partial charge in [0, 0.05) is 11.5 Å². The molecule has 1 atom stereocenters. The van der Waals surface area contributed by atoms with Crippen LogP contribution in [0.1, 0.15) is 18.9 Å². The average molecular weight is 292 g/mol. The molecule has 7 nitrogen and oxygen atoms in total. The topological polar surface area (TPSA) is 96.3 Å². The van der Waals surface area contributed by atoms with Crippen LogP contribution in [0.3, 0.4) is 0 Å². The van der Waals surface area contributed by atoms with Crippen molar-refractivity contribution in [3.8, 4) is 5.75 Å². The molecule has 21 heavy (non-hydrogen) atoms. The molecule has 0 heterocycles. The molecule has 0 aliphatic heterocycles. The van der Waals surface area contributed by atoms with Gasteiger partial charge in [-0.1, -0.05) is 17.2 Å². The molecule has 0 fully saturated rings. The standard InChI is InChI=1S/C14H20N4O3/c1-14(13(19)21-3,16-8-5-9-17-18-15)11-6-4-7-12(10-11)20-2/h4,6-7,10,16H,5,8-9H2,1-3H3. The monoisotopic (exact) mass is 292 g/mol. The number of methoxy groups -OCH3 is 2. The van der Waals surface area contributed by atoms with Crippen LogP contribution >= 0.6 is 0 Å². The SMILES string of the molecule is COC(=O)C(C)(NCCCN=[N+]=[N-])c1cccc(OC)c1. The lowest BCUT2D eigenvalue weighted by molar-refractivity contribution is -0.148. The normalized spacial score (nSPS) is 12.9. The van der Waals surface area contributed by atoms with Crippen molar-refractivity contribution in [2.75, 3.05) is 27.3 Å². The predicted molar refractivity (Wildman–Crippen MR) is 79.0 cm³/mol. The van der Waals surface area contributed by atoms with Crippen molar-refractivity contribution in [2.24, 2.45) is 5.11 Å². The number of carbonyl (C=O) groups is 1. The van der Waals surface area contributed by atoms with Gasteiger partial charge in [-0.2, -0.15) is 0 Å². The molecule has 1 aromatic rings. The summed E-state index contributed by atoms with van der Waals surface area (Å²) in [6.07, 6.45) is 0.626. The quantitative estimate of drug-likeness (QED) is 0.261. The fourth-order valence-electron chi connectivity index (χ4n) is 1.96. The molecule has 1 rings (SSSR count). The second kappa shape index (κ2) is 8.14. The van der Waals surface area contributed by atoms with Crippen LogP contribution in [0.2, 0.25) is 0 Å². The van der Waals surface area contributed by atoms with Crippen molar-refractivity contribution in [3.63, 3.8) is 0 Å². The Morgan fingerprint density at radius 3 is 2.86 bits per heavy atom. The molecule has 0 amide bonds. The van der Waals surface area contributed by atoms with E-state index in [-0.39, 0.29) is 5.97 Å². The van der Waals surface area contributed by atoms with Crippen LogP contribution in [0, 0.1) is 0 Å². The zero-order valence-electron chi connectivity index (χ0n) is 12.5. The molecular formula is C14H20N4O3. The van der Waals surface area contributed by atoms with Gasteiger partial charge in [0.25, 0.3) is 0 Å². The summed E-state index contributed by atoms with van der Waals surface area (Å²) in [7, 11) is 2.92. The van der Waals surface area contributed by atoms with Gasteiger partial charge in [0.1, 0.15) is 11.3 Å². The Bertz CT molecular complexity index is 529. The summed E-state index contributed by atoms with van der Waals surface area (Å²) >= 11 is 0. The fourth-order valence-corrected chi connectivity index (χ4v) is 1.96. The molecule has 1 N–H and O–H groups in total. The van der Waals surface area contributed by atoms with Gasteiger partial charge in [-0.05, 0) is 43.1 Å². The lowest BCUT2D eigenvalue weighted by Gasteiger charge is -2.28. The lowest BCUT2D eigenvalue weighted by atomic mass is 9.91. The maximum atomic E-state index is 12.1. The molecular weight excluding hydrogens is 272 g/mol. The number of azide groups is 1. The van der Waals surface area contributed by atoms with E-state index in [0.717, 1.165) is 5.56 Å². The molecule has 7 heteroatoms. The van der Waals surface area contributed by atoms with Crippen molar-refractivity contribution in [2.45, 2.75) is 18.9 Å². The number of nitrogens with one attached hydrogen (secondary N) is 1. The van der Waals surface area contributed by atoms with E-state index in [2.05, 4.69) is 15.3 Å². The first kappa shape index (κ1) is 16.8. The van der Waals surface area contributed by atoms with E-state index in [1.807, 2.05) is 18.2 Å². The molecule has 0 spiro atoms. The first-order valence-electron chi connectivity index (χ1n) is 6.57. The van der Waals surface area contributed by atoms with Crippen LogP contribution in [0.25, 0.3) is 10.4 Å². The largest absolute Gasteiger partial charge is 0.497 e. The Hall–Kier alpha value is -2.24. The Morgan fingerprint density at radius 1 is 1.48 bits per heavy atom. The lowest BCUT2D eigenvalue weighted by Crippen LogP contribution is -2.47. The van der Waals surface area contributed by atoms with Crippen molar-refractivity contribution < 1.29 is 14.3 Å². The first-order valence-corrected chi connectivity index (χ1v) is 6.57. The molecule has 0 aromatic heterocycles. The van der Waals surface area contributed by atoms with Crippen LogP contribution < -0.4 is 10.1 Å². The number of hydrogen-bond donors (Lipinski definition) is 1. The third-order valence-electron chi connectivity index (χ3n) is 3.22. The van der Waals surface area contributed by atoms with Crippen molar-refractivity contribution in [3.05, 3.63) is 40.3 Å². The molecule has 0 saturated heterocycles. The molecule has 0 aliphatic rings. The summed E-state index contributed by atoms with van der Waals surface area (Å²) in [5, 5.41) is 6.62. The van der Waals surface area contributed by atoms with Crippen LogP contribution in [-0.4, -0.2) is 33.3 Å². The van der Waals surface area contributed by atoms with E-state index in [4.69, 9.17) is 15.0 Å². The number of carbonyl (C=O) groups excluding carboxylic acids is 1. The summed E-state index contributed by atoms with van der Waals surface area (Å²) in [5.74, 6) is 0.276. The summed E-state index contributed by atoms with van der Waals surface area (Å²) in [6.45, 7) is 2.64. The Labute approximate surface area is 123 Å². The van der Waals surface area contributed by atoms with E-state index >= 15 is 0 Å². The average Bonchev–Trinajstić information content (AvgIpc) is 2.53. The summed E-state index contributed by atoms with van der Waals surface area (Å²) in [4.78, 5) is 14.8. The number of esters is 1. The number of hydrogen-bond acceptors (Lipinski definition) is 5. The van der Waals surface area contributed by atoms with Gasteiger partial charge in [0.2, 0.25) is 0 Å². The van der Waals surface area contributed by atoms with Crippen molar-refractivity contribution in [1.29, 1.82) is 0 Å². The van der Waals surface area contributed by atoms with Gasteiger partial charge in [0.05, 0.1) is 14.2 Å². The van der Waals surface area contributed by atoms with Gasteiger partial charge in [-0.3, -0.25) is 5.32 Å². The molecule has 0 aliphatic carbocycles. The molecule has 1 aromatic carbocycles. The maximum absolute atomic E-state index is 12.1. The zero-order chi connectivity index (χ0) is 15.7. The van der Waals surface area contributed by atoms with E-state index in [9.17, 15) is 4.79 Å². The van der Waals surface area contributed by atoms with Crippen LogP contribution in [0.4, 0.5) is 0 Å². The third kappa shape index (κ3) is 4.37. The highest BCUT2D eigenvalue weighted by Gasteiger charge is 2.36. The summed E-state index contributed by atoms with van der Waals surface area (Å²) in [5.41, 5.74) is 8.00. The Balaban J connectivity index is 2.91. The Kier molecular flexibility index (Phi) is 6.52. The second-order valence-electron chi connectivity index (χ2n) is 4.58. The van der Waals surface area contributed by atoms with Crippen LogP contribution in [-0.2, 0) is 15.1 Å². The number of nitrogens with zero attached hydrogens (tertiary/aromatic N) is 3. The molecule has 114 valence electrons. The van der Waals surface area contributed by atoms with E-state index in [1.165, 1.54) is 7.11 Å². The number of rotatable bonds is 8. The van der Waals surface area contributed by atoms with Gasteiger partial charge < -0.3 is 9.47 Å². The maximum Gasteiger partial charge on any atom is 0.330 e. The van der Waals surface area contributed by atoms with E-state index in [0.29, 0.717) is 25.3 Å². The molecule has 0 bridgehead atoms. The molecule has 0 radical (unpaired) electrons. The first-order chi connectivity index (χ1) is 10.1. The van der Waals surface area contributed by atoms with Crippen molar-refractivity contribution in [1.82, 2.24) is 5.32 Å². The van der Waals surface area contributed by atoms with Gasteiger partial charge in [-0.15, -0.1) is 0 Å². The van der Waals surface area contributed by atoms with Gasteiger partial charge in [-0.25, -0.2) is 4.79 Å². The van der Waals surface area contributed by atoms with E-state index in [1.54, 1.807) is 20.1 Å². The second-order valence-corrected chi connectivity index (χ2v) is 4.58. The number of benzene rings is 1. The van der Waals surface area contributed by atoms with Crippen molar-refractivity contribution >= 4 is 5.97 Å². The minimum absolute atomic E-state index is 0.374. The predicted octanol–water partition coefficient (Wildman–Crippen LogP) is 2.37. The zero-order valence-corrected chi connectivity index (χ0v) is 12.5. The highest BCUT2D eigenvalue weighted by Crippen LogP contribution is 2.25. The minimum Gasteiger partial charge on any atom is -0.497 e. The van der Waals surface area contributed by atoms with Crippen LogP contribution in [0.5, 0.6) is 5.75 Å². The number of ether oxygens (including phenoxy) is 2. The van der Waals surface area contributed by atoms with Gasteiger partial charge in [0.15, 0.2) is 0 Å². The van der Waals surface area contributed by atoms with E-state index < -0.39 is 5.54 Å². The summed E-state index contributed by atoms with van der Waals surface area (Å²) in [6, 6.07) is 7.25. The molecule has 1 unspecified atom stereocenters. The smallest absolute Gasteiger partial charge is 0.330 e. The minimum atomic E-state index is -0.986. The van der Waals surface area contributed by atoms with Gasteiger partial charge >= 0.3 is 5.97 Å². The highest BCUT2D eigenvalue weighted by atomic mass is 16.5. The third-order valence-corrected chi connectivity index (χ3v) is 3.22.